The van der Waals surface area contributed by atoms with Crippen molar-refractivity contribution >= 4 is 17.6 Å². The number of halogens is 1. The number of benzene rings is 1. The second-order valence-electron chi connectivity index (χ2n) is 6.11. The van der Waals surface area contributed by atoms with Crippen molar-refractivity contribution in [2.75, 3.05) is 14.1 Å². The van der Waals surface area contributed by atoms with Crippen LogP contribution >= 0.6 is 11.6 Å². The lowest BCUT2D eigenvalue weighted by Gasteiger charge is -2.41. The Morgan fingerprint density at radius 1 is 1.48 bits per heavy atom. The number of aryl methyl sites for hydroxylation is 1. The molecule has 114 valence electrons. The highest BCUT2D eigenvalue weighted by atomic mass is 35.5. The van der Waals surface area contributed by atoms with Crippen molar-refractivity contribution in [1.29, 1.82) is 0 Å². The number of fused-ring (bicyclic) bond motifs is 2. The number of nitrogens with zero attached hydrogens (tertiary/aromatic N) is 1. The van der Waals surface area contributed by atoms with E-state index in [0.717, 1.165) is 17.5 Å². The number of carbonyl (C=O) groups excluding carboxylic acids is 1. The van der Waals surface area contributed by atoms with Crippen LogP contribution in [-0.4, -0.2) is 37.0 Å². The molecule has 0 aliphatic carbocycles. The second kappa shape index (κ2) is 5.62. The first-order chi connectivity index (χ1) is 11.2. The molecule has 3 nitrogen and oxygen atoms in total. The van der Waals surface area contributed by atoms with Crippen LogP contribution in [0.5, 0.6) is 0 Å². The van der Waals surface area contributed by atoms with Gasteiger partial charge in [-0.15, -0.1) is 0 Å². The average molecular weight is 311 g/mol. The Balaban J connectivity index is 2.01. The van der Waals surface area contributed by atoms with Crippen LogP contribution in [0.3, 0.4) is 0 Å². The van der Waals surface area contributed by atoms with Crippen molar-refractivity contribution in [3.05, 3.63) is 34.3 Å². The van der Waals surface area contributed by atoms with Crippen molar-refractivity contribution in [1.82, 2.24) is 4.90 Å². The van der Waals surface area contributed by atoms with E-state index in [-0.39, 0.29) is 24.0 Å². The number of esters is 1. The van der Waals surface area contributed by atoms with Gasteiger partial charge in [-0.1, -0.05) is 23.7 Å². The largest absolute Gasteiger partial charge is 0.469 e. The minimum Gasteiger partial charge on any atom is -0.469 e. The zero-order valence-corrected chi connectivity index (χ0v) is 13.1. The standard InChI is InChI=1S/C17H22ClNO2/c1-10-8-11(4-6-14(10)18)13-9-12-5-7-15(19(12)2)16(13)17(20)21-3/h4,6,8,12-13,15-16H,5,7,9H2,1-3H3/t12-,13+,15+,16-/m0/s1/i2D3. The molecule has 0 aromatic heterocycles. The van der Waals surface area contributed by atoms with Crippen LogP contribution in [0.2, 0.25) is 5.02 Å². The quantitative estimate of drug-likeness (QED) is 0.784. The molecule has 2 bridgehead atoms. The molecule has 21 heavy (non-hydrogen) atoms. The van der Waals surface area contributed by atoms with Gasteiger partial charge in [-0.3, -0.25) is 9.69 Å². The summed E-state index contributed by atoms with van der Waals surface area (Å²) in [6.07, 6.45) is 2.17. The molecule has 0 amide bonds. The molecule has 0 spiro atoms. The van der Waals surface area contributed by atoms with E-state index in [1.165, 1.54) is 7.11 Å². The summed E-state index contributed by atoms with van der Waals surface area (Å²) in [5.74, 6) is -0.827. The van der Waals surface area contributed by atoms with Crippen LogP contribution in [0.25, 0.3) is 0 Å². The summed E-state index contributed by atoms with van der Waals surface area (Å²) in [5, 5.41) is 0.691. The van der Waals surface area contributed by atoms with Crippen molar-refractivity contribution in [2.45, 2.75) is 44.2 Å². The maximum atomic E-state index is 12.5. The number of hydrogen-bond donors (Lipinski definition) is 0. The van der Waals surface area contributed by atoms with Crippen molar-refractivity contribution in [3.63, 3.8) is 0 Å². The number of piperidine rings is 1. The summed E-state index contributed by atoms with van der Waals surface area (Å²) in [4.78, 5) is 14.1. The Bertz CT molecular complexity index is 649. The minimum atomic E-state index is -2.18. The van der Waals surface area contributed by atoms with Gasteiger partial charge in [0.2, 0.25) is 0 Å². The van der Waals surface area contributed by atoms with Crippen LogP contribution in [0.1, 0.15) is 40.4 Å². The smallest absolute Gasteiger partial charge is 0.310 e. The summed E-state index contributed by atoms with van der Waals surface area (Å²) in [6.45, 7) is -0.246. The fourth-order valence-corrected chi connectivity index (χ4v) is 4.02. The van der Waals surface area contributed by atoms with Gasteiger partial charge in [-0.2, -0.15) is 0 Å². The first-order valence-electron chi connectivity index (χ1n) is 8.86. The fourth-order valence-electron chi connectivity index (χ4n) is 3.90. The number of ether oxygens (including phenoxy) is 1. The highest BCUT2D eigenvalue weighted by Crippen LogP contribution is 2.46. The number of hydrogen-bond acceptors (Lipinski definition) is 3. The van der Waals surface area contributed by atoms with Gasteiger partial charge in [0.1, 0.15) is 0 Å². The molecule has 4 heteroatoms. The monoisotopic (exact) mass is 310 g/mol. The molecule has 2 fully saturated rings. The predicted octanol–water partition coefficient (Wildman–Crippen LogP) is 3.39. The molecule has 1 aromatic rings. The third kappa shape index (κ3) is 2.47. The highest BCUT2D eigenvalue weighted by molar-refractivity contribution is 6.31. The molecule has 0 radical (unpaired) electrons. The lowest BCUT2D eigenvalue weighted by atomic mass is 9.76. The molecule has 2 heterocycles. The molecule has 1 aromatic carbocycles. The summed E-state index contributed by atoms with van der Waals surface area (Å²) in [6, 6.07) is 5.47. The Labute approximate surface area is 135 Å². The zero-order valence-electron chi connectivity index (χ0n) is 15.3. The topological polar surface area (TPSA) is 29.5 Å². The first-order valence-corrected chi connectivity index (χ1v) is 7.74. The molecule has 4 atom stereocenters. The molecule has 0 saturated carbocycles. The highest BCUT2D eigenvalue weighted by Gasteiger charge is 2.49. The van der Waals surface area contributed by atoms with Crippen LogP contribution in [-0.2, 0) is 9.53 Å². The van der Waals surface area contributed by atoms with Crippen LogP contribution in [0.15, 0.2) is 18.2 Å². The van der Waals surface area contributed by atoms with Crippen LogP contribution in [0.4, 0.5) is 0 Å². The third-order valence-corrected chi connectivity index (χ3v) is 5.43. The van der Waals surface area contributed by atoms with Gasteiger partial charge in [0, 0.05) is 27.1 Å². The van der Waals surface area contributed by atoms with E-state index in [2.05, 4.69) is 0 Å². The summed E-state index contributed by atoms with van der Waals surface area (Å²) >= 11 is 6.12. The van der Waals surface area contributed by atoms with Gasteiger partial charge in [-0.25, -0.2) is 0 Å². The zero-order chi connectivity index (χ0) is 17.6. The molecule has 2 saturated heterocycles. The lowest BCUT2D eigenvalue weighted by Crippen LogP contribution is -2.49. The number of rotatable bonds is 2. The molecule has 0 N–H and O–H groups in total. The Morgan fingerprint density at radius 3 is 2.95 bits per heavy atom. The van der Waals surface area contributed by atoms with Crippen molar-refractivity contribution in [3.8, 4) is 0 Å². The van der Waals surface area contributed by atoms with Crippen molar-refractivity contribution < 1.29 is 13.6 Å². The van der Waals surface area contributed by atoms with E-state index < -0.39 is 12.9 Å². The summed E-state index contributed by atoms with van der Waals surface area (Å²) in [7, 11) is 1.37. The third-order valence-electron chi connectivity index (χ3n) is 5.00. The molecular weight excluding hydrogens is 286 g/mol. The Morgan fingerprint density at radius 2 is 2.29 bits per heavy atom. The fraction of sp³-hybridized carbons (Fsp3) is 0.588. The molecule has 2 aliphatic rings. The Hall–Kier alpha value is -1.06. The van der Waals surface area contributed by atoms with Gasteiger partial charge < -0.3 is 4.74 Å². The lowest BCUT2D eigenvalue weighted by molar-refractivity contribution is -0.150. The average Bonchev–Trinajstić information content (AvgIpc) is 2.84. The minimum absolute atomic E-state index is 0.0237. The summed E-state index contributed by atoms with van der Waals surface area (Å²) in [5.41, 5.74) is 2.00. The first kappa shape index (κ1) is 11.5. The summed E-state index contributed by atoms with van der Waals surface area (Å²) < 4.78 is 28.5. The van der Waals surface area contributed by atoms with E-state index in [4.69, 9.17) is 20.5 Å². The number of carbonyl (C=O) groups is 1. The SMILES string of the molecule is [2H]C([2H])([2H])N1[C@H]2CC[C@@H]1[C@@H](C(=O)OC)[C@@H](c1ccc(Cl)c(C)c1)C2. The predicted molar refractivity (Wildman–Crippen MR) is 83.6 cm³/mol. The van der Waals surface area contributed by atoms with Crippen molar-refractivity contribution in [2.24, 2.45) is 5.92 Å². The van der Waals surface area contributed by atoms with E-state index in [9.17, 15) is 4.79 Å². The molecule has 0 unspecified atom stereocenters. The maximum Gasteiger partial charge on any atom is 0.310 e. The van der Waals surface area contributed by atoms with E-state index in [1.54, 1.807) is 4.90 Å². The van der Waals surface area contributed by atoms with Crippen LogP contribution in [0, 0.1) is 12.8 Å². The van der Waals surface area contributed by atoms with Gasteiger partial charge in [-0.05, 0) is 50.4 Å². The normalized spacial score (nSPS) is 34.9. The van der Waals surface area contributed by atoms with E-state index in [1.807, 2.05) is 25.1 Å². The van der Waals surface area contributed by atoms with E-state index in [0.29, 0.717) is 17.9 Å². The van der Waals surface area contributed by atoms with Crippen LogP contribution < -0.4 is 0 Å². The maximum absolute atomic E-state index is 12.5. The Kier molecular flexibility index (Phi) is 3.08. The van der Waals surface area contributed by atoms with Gasteiger partial charge >= 0.3 is 5.97 Å². The second-order valence-corrected chi connectivity index (χ2v) is 6.51. The molecular formula is C17H22ClNO2. The number of methoxy groups -OCH3 is 1. The van der Waals surface area contributed by atoms with Gasteiger partial charge in [0.05, 0.1) is 13.0 Å². The molecule has 2 aliphatic heterocycles. The molecule has 3 rings (SSSR count). The van der Waals surface area contributed by atoms with Gasteiger partial charge in [0.15, 0.2) is 0 Å². The van der Waals surface area contributed by atoms with E-state index >= 15 is 0 Å². The van der Waals surface area contributed by atoms with Gasteiger partial charge in [0.25, 0.3) is 0 Å².